The molecule has 0 aliphatic carbocycles. The van der Waals surface area contributed by atoms with Crippen LogP contribution in [0, 0.1) is 5.41 Å². The van der Waals surface area contributed by atoms with Gasteiger partial charge in [-0.1, -0.05) is 13.8 Å². The maximum absolute atomic E-state index is 12.1. The lowest BCUT2D eigenvalue weighted by Crippen LogP contribution is -2.49. The van der Waals surface area contributed by atoms with Gasteiger partial charge in [0.25, 0.3) is 0 Å². The third-order valence-corrected chi connectivity index (χ3v) is 3.50. The molecule has 1 atom stereocenters. The van der Waals surface area contributed by atoms with E-state index in [1.165, 1.54) is 0 Å². The fraction of sp³-hybridized carbons (Fsp3) is 0.833. The van der Waals surface area contributed by atoms with Crippen molar-refractivity contribution in [3.05, 3.63) is 0 Å². The van der Waals surface area contributed by atoms with Crippen LogP contribution >= 0.6 is 0 Å². The van der Waals surface area contributed by atoms with Gasteiger partial charge in [0.05, 0.1) is 6.42 Å². The van der Waals surface area contributed by atoms with E-state index < -0.39 is 5.97 Å². The summed E-state index contributed by atoms with van der Waals surface area (Å²) in [6, 6.07) is -0.258. The maximum Gasteiger partial charge on any atom is 0.305 e. The van der Waals surface area contributed by atoms with Crippen LogP contribution < -0.4 is 10.6 Å². The molecule has 1 fully saturated rings. The maximum atomic E-state index is 12.1. The SMILES string of the molecule is CCC(CC(=O)O)NC(=O)C1(C)CCNCC1. The Morgan fingerprint density at radius 3 is 2.47 bits per heavy atom. The molecule has 1 heterocycles. The summed E-state index contributed by atoms with van der Waals surface area (Å²) in [7, 11) is 0. The molecule has 5 heteroatoms. The molecule has 0 saturated carbocycles. The third-order valence-electron chi connectivity index (χ3n) is 3.50. The molecule has 17 heavy (non-hydrogen) atoms. The monoisotopic (exact) mass is 242 g/mol. The topological polar surface area (TPSA) is 78.4 Å². The van der Waals surface area contributed by atoms with Crippen LogP contribution in [0.25, 0.3) is 0 Å². The average Bonchev–Trinajstić information content (AvgIpc) is 2.28. The summed E-state index contributed by atoms with van der Waals surface area (Å²) in [6.07, 6.45) is 2.26. The van der Waals surface area contributed by atoms with Gasteiger partial charge in [-0.05, 0) is 32.4 Å². The number of carboxylic acid groups (broad SMARTS) is 1. The predicted octanol–water partition coefficient (Wildman–Crippen LogP) is 0.746. The number of nitrogens with one attached hydrogen (secondary N) is 2. The molecular weight excluding hydrogens is 220 g/mol. The predicted molar refractivity (Wildman–Crippen MR) is 64.7 cm³/mol. The first-order chi connectivity index (χ1) is 7.98. The molecule has 1 rings (SSSR count). The van der Waals surface area contributed by atoms with Gasteiger partial charge in [-0.2, -0.15) is 0 Å². The molecule has 0 radical (unpaired) electrons. The van der Waals surface area contributed by atoms with Gasteiger partial charge in [0.15, 0.2) is 0 Å². The van der Waals surface area contributed by atoms with E-state index in [4.69, 9.17) is 5.11 Å². The Labute approximate surface area is 102 Å². The number of amides is 1. The number of hydrogen-bond acceptors (Lipinski definition) is 3. The second-order valence-corrected chi connectivity index (χ2v) is 4.99. The highest BCUT2D eigenvalue weighted by Crippen LogP contribution is 2.28. The van der Waals surface area contributed by atoms with Crippen LogP contribution in [0.4, 0.5) is 0 Å². The number of carbonyl (C=O) groups is 2. The van der Waals surface area contributed by atoms with Gasteiger partial charge in [-0.25, -0.2) is 0 Å². The minimum absolute atomic E-state index is 0.00340. The number of carbonyl (C=O) groups excluding carboxylic acids is 1. The van der Waals surface area contributed by atoms with E-state index in [1.54, 1.807) is 0 Å². The van der Waals surface area contributed by atoms with Crippen molar-refractivity contribution >= 4 is 11.9 Å². The third kappa shape index (κ3) is 4.00. The molecule has 1 aliphatic heterocycles. The van der Waals surface area contributed by atoms with Gasteiger partial charge in [-0.15, -0.1) is 0 Å². The number of hydrogen-bond donors (Lipinski definition) is 3. The molecule has 1 unspecified atom stereocenters. The molecule has 5 nitrogen and oxygen atoms in total. The van der Waals surface area contributed by atoms with E-state index in [-0.39, 0.29) is 23.8 Å². The summed E-state index contributed by atoms with van der Waals surface area (Å²) >= 11 is 0. The standard InChI is InChI=1S/C12H22N2O3/c1-3-9(8-10(15)16)14-11(17)12(2)4-6-13-7-5-12/h9,13H,3-8H2,1-2H3,(H,14,17)(H,15,16). The van der Waals surface area contributed by atoms with Crippen LogP contribution in [0.5, 0.6) is 0 Å². The van der Waals surface area contributed by atoms with E-state index in [0.717, 1.165) is 25.9 Å². The summed E-state index contributed by atoms with van der Waals surface area (Å²) in [6.45, 7) is 5.54. The zero-order valence-electron chi connectivity index (χ0n) is 10.6. The normalized spacial score (nSPS) is 20.6. The van der Waals surface area contributed by atoms with Gasteiger partial charge in [-0.3, -0.25) is 9.59 Å². The Bertz CT molecular complexity index is 285. The smallest absolute Gasteiger partial charge is 0.305 e. The van der Waals surface area contributed by atoms with Crippen LogP contribution in [0.15, 0.2) is 0 Å². The summed E-state index contributed by atoms with van der Waals surface area (Å²) in [5.41, 5.74) is -0.350. The summed E-state index contributed by atoms with van der Waals surface area (Å²) in [5.74, 6) is -0.875. The Morgan fingerprint density at radius 2 is 2.00 bits per heavy atom. The average molecular weight is 242 g/mol. The quantitative estimate of drug-likeness (QED) is 0.664. The molecule has 98 valence electrons. The van der Waals surface area contributed by atoms with Crippen molar-refractivity contribution in [1.82, 2.24) is 10.6 Å². The molecule has 3 N–H and O–H groups in total. The van der Waals surface area contributed by atoms with E-state index in [9.17, 15) is 9.59 Å². The Hall–Kier alpha value is -1.10. The van der Waals surface area contributed by atoms with Crippen LogP contribution in [-0.2, 0) is 9.59 Å². The van der Waals surface area contributed by atoms with E-state index in [0.29, 0.717) is 6.42 Å². The first-order valence-electron chi connectivity index (χ1n) is 6.21. The minimum Gasteiger partial charge on any atom is -0.481 e. The van der Waals surface area contributed by atoms with Gasteiger partial charge in [0, 0.05) is 11.5 Å². The molecule has 1 aliphatic rings. The largest absolute Gasteiger partial charge is 0.481 e. The van der Waals surface area contributed by atoms with Crippen molar-refractivity contribution < 1.29 is 14.7 Å². The molecule has 0 aromatic heterocycles. The van der Waals surface area contributed by atoms with Crippen molar-refractivity contribution in [3.63, 3.8) is 0 Å². The Balaban J connectivity index is 2.53. The number of piperidine rings is 1. The highest BCUT2D eigenvalue weighted by Gasteiger charge is 2.35. The lowest BCUT2D eigenvalue weighted by Gasteiger charge is -2.33. The highest BCUT2D eigenvalue weighted by molar-refractivity contribution is 5.83. The molecular formula is C12H22N2O3. The van der Waals surface area contributed by atoms with Gasteiger partial charge < -0.3 is 15.7 Å². The molecule has 0 spiro atoms. The fourth-order valence-electron chi connectivity index (χ4n) is 2.07. The summed E-state index contributed by atoms with van der Waals surface area (Å²) in [5, 5.41) is 14.8. The summed E-state index contributed by atoms with van der Waals surface area (Å²) in [4.78, 5) is 22.8. The van der Waals surface area contributed by atoms with E-state index >= 15 is 0 Å². The second kappa shape index (κ2) is 6.00. The van der Waals surface area contributed by atoms with Gasteiger partial charge >= 0.3 is 5.97 Å². The zero-order valence-corrected chi connectivity index (χ0v) is 10.6. The highest BCUT2D eigenvalue weighted by atomic mass is 16.4. The Kier molecular flexibility index (Phi) is 4.93. The van der Waals surface area contributed by atoms with Crippen molar-refractivity contribution in [2.24, 2.45) is 5.41 Å². The molecule has 1 amide bonds. The van der Waals surface area contributed by atoms with Crippen molar-refractivity contribution in [2.75, 3.05) is 13.1 Å². The first kappa shape index (κ1) is 14.0. The zero-order chi connectivity index (χ0) is 12.9. The lowest BCUT2D eigenvalue weighted by molar-refractivity contribution is -0.138. The fourth-order valence-corrected chi connectivity index (χ4v) is 2.07. The van der Waals surface area contributed by atoms with Gasteiger partial charge in [0.2, 0.25) is 5.91 Å². The molecule has 0 aromatic rings. The van der Waals surface area contributed by atoms with Crippen molar-refractivity contribution in [1.29, 1.82) is 0 Å². The summed E-state index contributed by atoms with van der Waals surface area (Å²) < 4.78 is 0. The molecule has 1 saturated heterocycles. The first-order valence-corrected chi connectivity index (χ1v) is 6.21. The molecule has 0 aromatic carbocycles. The second-order valence-electron chi connectivity index (χ2n) is 4.99. The van der Waals surface area contributed by atoms with E-state index in [2.05, 4.69) is 10.6 Å². The molecule has 0 bridgehead atoms. The van der Waals surface area contributed by atoms with Gasteiger partial charge in [0.1, 0.15) is 0 Å². The Morgan fingerprint density at radius 1 is 1.41 bits per heavy atom. The minimum atomic E-state index is -0.868. The van der Waals surface area contributed by atoms with Crippen LogP contribution in [0.3, 0.4) is 0 Å². The van der Waals surface area contributed by atoms with Crippen LogP contribution in [-0.4, -0.2) is 36.1 Å². The number of aliphatic carboxylic acids is 1. The van der Waals surface area contributed by atoms with Crippen molar-refractivity contribution in [2.45, 2.75) is 45.6 Å². The number of rotatable bonds is 5. The van der Waals surface area contributed by atoms with Crippen molar-refractivity contribution in [3.8, 4) is 0 Å². The van der Waals surface area contributed by atoms with Crippen LogP contribution in [0.2, 0.25) is 0 Å². The number of carboxylic acids is 1. The van der Waals surface area contributed by atoms with E-state index in [1.807, 2.05) is 13.8 Å². The van der Waals surface area contributed by atoms with Crippen LogP contribution in [0.1, 0.15) is 39.5 Å². The lowest BCUT2D eigenvalue weighted by atomic mass is 9.80.